The van der Waals surface area contributed by atoms with Gasteiger partial charge in [0, 0.05) is 55.5 Å². The lowest BCUT2D eigenvalue weighted by Crippen LogP contribution is -2.11. The molecule has 3 N–H and O–H groups in total. The third kappa shape index (κ3) is 14.8. The number of hydrogen-bond acceptors (Lipinski definition) is 16. The van der Waals surface area contributed by atoms with Crippen molar-refractivity contribution >= 4 is 61.4 Å². The number of fused-ring (bicyclic) bond motifs is 2. The average molecular weight is 1170 g/mol. The molecular weight excluding hydrogens is 1110 g/mol. The standard InChI is InChI=1S/C31H31NO8.C22H24O6.C9H8BrNO2/c1-32-31(36)25-11-7-19(15-28(25)40-32)18-38-27-13-8-21(16-20(27)9-14-29(34)37-2)30(35)24-12-10-23(17-26(24)33)39-22-5-3-4-6-22;1-27-21(25)11-7-14-12-15(6-10-19(14)23)22(26)18-9-8-17(13-20(18)24)28-16-4-2-3-5-16;1-11-9(12)7-3-2-6(5-10)4-8(7)13-11/h7-8,10-13,15-17,22,33H,3-6,9,14,18H2,1-2H3;6,8-10,12-13,16,23-24H,2-5,7,11H2,1H3;2-4H,5H2,1H3. The van der Waals surface area contributed by atoms with Gasteiger partial charge in [-0.05, 0) is 171 Å². The number of halogens is 1. The third-order valence-electron chi connectivity index (χ3n) is 14.1. The molecule has 2 fully saturated rings. The minimum atomic E-state index is -0.397. The fraction of sp³-hybridized carbons (Fsp3) is 0.323. The van der Waals surface area contributed by atoms with Crippen molar-refractivity contribution in [2.75, 3.05) is 14.2 Å². The number of ether oxygens (including phenoxy) is 5. The number of alkyl halides is 1. The largest absolute Gasteiger partial charge is 0.508 e. The molecule has 0 aliphatic heterocycles. The van der Waals surface area contributed by atoms with Gasteiger partial charge in [-0.1, -0.05) is 28.1 Å². The molecule has 0 unspecified atom stereocenters. The van der Waals surface area contributed by atoms with Crippen molar-refractivity contribution in [2.45, 2.75) is 101 Å². The second-order valence-corrected chi connectivity index (χ2v) is 20.3. The lowest BCUT2D eigenvalue weighted by atomic mass is 9.98. The molecule has 0 spiro atoms. The summed E-state index contributed by atoms with van der Waals surface area (Å²) in [5.74, 6) is -0.227. The van der Waals surface area contributed by atoms with Crippen LogP contribution in [0.4, 0.5) is 0 Å². The molecule has 2 heterocycles. The Labute approximate surface area is 474 Å². The van der Waals surface area contributed by atoms with Crippen molar-refractivity contribution in [3.05, 3.63) is 174 Å². The molecule has 2 aliphatic carbocycles. The van der Waals surface area contributed by atoms with E-state index in [-0.39, 0.29) is 102 Å². The van der Waals surface area contributed by atoms with Crippen molar-refractivity contribution in [2.24, 2.45) is 14.1 Å². The summed E-state index contributed by atoms with van der Waals surface area (Å²) in [5, 5.41) is 32.8. The number of ketones is 2. The average Bonchev–Trinajstić information content (AvgIpc) is 4.31. The topological polar surface area (TPSA) is 245 Å². The van der Waals surface area contributed by atoms with Gasteiger partial charge in [0.05, 0.1) is 48.3 Å². The molecule has 2 saturated carbocycles. The summed E-state index contributed by atoms with van der Waals surface area (Å²) < 4.78 is 40.3. The number of aryl methyl sites for hydroxylation is 4. The Balaban J connectivity index is 0.000000180. The van der Waals surface area contributed by atoms with Crippen LogP contribution in [0.25, 0.3) is 21.9 Å². The quantitative estimate of drug-likeness (QED) is 0.0411. The van der Waals surface area contributed by atoms with Gasteiger partial charge in [0.25, 0.3) is 11.1 Å². The van der Waals surface area contributed by atoms with E-state index in [0.717, 1.165) is 67.8 Å². The number of aromatic hydroxyl groups is 3. The molecule has 19 heteroatoms. The molecule has 0 saturated heterocycles. The number of carbonyl (C=O) groups excluding carboxylic acids is 4. The summed E-state index contributed by atoms with van der Waals surface area (Å²) in [4.78, 5) is 72.8. The highest BCUT2D eigenvalue weighted by molar-refractivity contribution is 9.08. The number of benzene rings is 6. The Morgan fingerprint density at radius 2 is 1.01 bits per heavy atom. The maximum absolute atomic E-state index is 13.3. The smallest absolute Gasteiger partial charge is 0.305 e. The van der Waals surface area contributed by atoms with E-state index in [1.54, 1.807) is 80.8 Å². The first-order valence-corrected chi connectivity index (χ1v) is 27.7. The van der Waals surface area contributed by atoms with Crippen molar-refractivity contribution in [3.63, 3.8) is 0 Å². The Hall–Kier alpha value is -8.58. The molecule has 0 atom stereocenters. The van der Waals surface area contributed by atoms with Gasteiger partial charge in [-0.15, -0.1) is 0 Å². The molecule has 18 nitrogen and oxygen atoms in total. The fourth-order valence-electron chi connectivity index (χ4n) is 9.61. The van der Waals surface area contributed by atoms with E-state index in [4.69, 9.17) is 28.0 Å². The van der Waals surface area contributed by atoms with Crippen LogP contribution in [0.3, 0.4) is 0 Å². The molecule has 10 rings (SSSR count). The highest BCUT2D eigenvalue weighted by Crippen LogP contribution is 2.33. The lowest BCUT2D eigenvalue weighted by Gasteiger charge is -2.15. The van der Waals surface area contributed by atoms with Crippen molar-refractivity contribution in [1.29, 1.82) is 0 Å². The zero-order valence-electron chi connectivity index (χ0n) is 45.4. The summed E-state index contributed by atoms with van der Waals surface area (Å²) >= 11 is 3.34. The maximum Gasteiger partial charge on any atom is 0.305 e. The second kappa shape index (κ2) is 27.1. The molecule has 2 aromatic heterocycles. The first-order valence-electron chi connectivity index (χ1n) is 26.6. The molecule has 81 heavy (non-hydrogen) atoms. The van der Waals surface area contributed by atoms with Gasteiger partial charge in [0.2, 0.25) is 0 Å². The number of nitrogens with zero attached hydrogens (tertiary/aromatic N) is 2. The number of methoxy groups -OCH3 is 2. The third-order valence-corrected chi connectivity index (χ3v) is 14.7. The van der Waals surface area contributed by atoms with E-state index in [0.29, 0.717) is 61.4 Å². The van der Waals surface area contributed by atoms with E-state index in [1.807, 2.05) is 12.1 Å². The number of aromatic nitrogens is 2. The summed E-state index contributed by atoms with van der Waals surface area (Å²) in [7, 11) is 5.77. The summed E-state index contributed by atoms with van der Waals surface area (Å²) in [5.41, 5.74) is 4.77. The molecule has 0 radical (unpaired) electrons. The number of esters is 2. The molecule has 6 aromatic carbocycles. The Morgan fingerprint density at radius 1 is 0.556 bits per heavy atom. The number of hydrogen-bond donors (Lipinski definition) is 3. The first kappa shape index (κ1) is 58.6. The second-order valence-electron chi connectivity index (χ2n) is 19.8. The minimum Gasteiger partial charge on any atom is -0.508 e. The van der Waals surface area contributed by atoms with Crippen LogP contribution in [-0.2, 0) is 57.9 Å². The van der Waals surface area contributed by atoms with E-state index >= 15 is 0 Å². The molecule has 0 amide bonds. The highest BCUT2D eigenvalue weighted by Gasteiger charge is 2.23. The lowest BCUT2D eigenvalue weighted by molar-refractivity contribution is -0.141. The van der Waals surface area contributed by atoms with Crippen LogP contribution >= 0.6 is 15.9 Å². The summed E-state index contributed by atoms with van der Waals surface area (Å²) in [6.45, 7) is 0.177. The number of phenols is 3. The van der Waals surface area contributed by atoms with E-state index in [9.17, 15) is 44.1 Å². The number of carbonyl (C=O) groups is 4. The Kier molecular flexibility index (Phi) is 19.6. The monoisotopic (exact) mass is 1170 g/mol. The van der Waals surface area contributed by atoms with Crippen molar-refractivity contribution < 1.29 is 67.2 Å². The van der Waals surface area contributed by atoms with Crippen LogP contribution < -0.4 is 25.3 Å². The number of phenolic OH excluding ortho intramolecular Hbond substituents is 3. The first-order chi connectivity index (χ1) is 39.0. The minimum absolute atomic E-state index is 0.00462. The normalized spacial score (nSPS) is 13.2. The maximum atomic E-state index is 13.3. The zero-order valence-corrected chi connectivity index (χ0v) is 47.0. The zero-order chi connectivity index (χ0) is 57.7. The van der Waals surface area contributed by atoms with Crippen LogP contribution in [0, 0.1) is 0 Å². The predicted molar refractivity (Wildman–Crippen MR) is 304 cm³/mol. The summed E-state index contributed by atoms with van der Waals surface area (Å²) in [6.07, 6.45) is 9.57. The molecular formula is C62H63BrN2O16. The Bertz CT molecular complexity index is 3690. The molecule has 424 valence electrons. The molecule has 0 bridgehead atoms. The van der Waals surface area contributed by atoms with E-state index in [1.165, 1.54) is 54.0 Å². The molecule has 8 aromatic rings. The van der Waals surface area contributed by atoms with Crippen LogP contribution in [-0.4, -0.2) is 74.7 Å². The van der Waals surface area contributed by atoms with E-state index in [2.05, 4.69) is 20.7 Å². The van der Waals surface area contributed by atoms with Crippen LogP contribution in [0.15, 0.2) is 128 Å². The van der Waals surface area contributed by atoms with Crippen LogP contribution in [0.5, 0.6) is 34.5 Å². The van der Waals surface area contributed by atoms with E-state index < -0.39 is 5.97 Å². The SMILES string of the molecule is COC(=O)CCc1cc(C(=O)c2ccc(OC3CCCC3)cc2O)ccc1O.COC(=O)CCc1cc(C(=O)c2ccc(OC3CCCC3)cc2O)ccc1OCc1ccc2c(=O)n(C)oc2c1.Cn1oc2cc(CBr)ccc2c1=O. The Morgan fingerprint density at radius 3 is 1.49 bits per heavy atom. The van der Waals surface area contributed by atoms with Gasteiger partial charge in [0.15, 0.2) is 22.7 Å². The summed E-state index contributed by atoms with van der Waals surface area (Å²) in [6, 6.07) is 29.6. The highest BCUT2D eigenvalue weighted by atomic mass is 79.9. The van der Waals surface area contributed by atoms with Gasteiger partial charge in [0.1, 0.15) is 41.1 Å². The van der Waals surface area contributed by atoms with Gasteiger partial charge in [-0.2, -0.15) is 9.48 Å². The van der Waals surface area contributed by atoms with Crippen molar-refractivity contribution in [1.82, 2.24) is 9.48 Å². The number of rotatable bonds is 18. The van der Waals surface area contributed by atoms with Gasteiger partial charge in [-0.3, -0.25) is 28.8 Å². The predicted octanol–water partition coefficient (Wildman–Crippen LogP) is 10.9. The molecule has 2 aliphatic rings. The van der Waals surface area contributed by atoms with Crippen molar-refractivity contribution in [3.8, 4) is 34.5 Å². The van der Waals surface area contributed by atoms with Gasteiger partial charge < -0.3 is 48.1 Å². The van der Waals surface area contributed by atoms with Gasteiger partial charge >= 0.3 is 11.9 Å². The van der Waals surface area contributed by atoms with Gasteiger partial charge in [-0.25, -0.2) is 0 Å². The van der Waals surface area contributed by atoms with Crippen LogP contribution in [0.1, 0.15) is 118 Å². The fourth-order valence-corrected chi connectivity index (χ4v) is 9.96. The van der Waals surface area contributed by atoms with Crippen LogP contribution in [0.2, 0.25) is 0 Å².